The predicted molar refractivity (Wildman–Crippen MR) is 125 cm³/mol. The fourth-order valence-corrected chi connectivity index (χ4v) is 5.44. The first-order valence-corrected chi connectivity index (χ1v) is 12.4. The van der Waals surface area contributed by atoms with Gasteiger partial charge in [-0.1, -0.05) is 17.7 Å². The second kappa shape index (κ2) is 9.81. The third-order valence-corrected chi connectivity index (χ3v) is 7.71. The van der Waals surface area contributed by atoms with E-state index in [2.05, 4.69) is 10.00 Å². The summed E-state index contributed by atoms with van der Waals surface area (Å²) in [7, 11) is 0. The van der Waals surface area contributed by atoms with Crippen molar-refractivity contribution in [2.24, 2.45) is 0 Å². The van der Waals surface area contributed by atoms with Crippen molar-refractivity contribution in [3.8, 4) is 11.4 Å². The largest absolute Gasteiger partial charge is 0.598 e. The SMILES string of the molecule is CC(C)[S@+]([O-])N1CCN(c2cnn(-c3cccc(Cl)c3)c(=O)c2OC2CCCC2)CC1. The van der Waals surface area contributed by atoms with Crippen LogP contribution in [-0.4, -0.2) is 56.2 Å². The lowest BCUT2D eigenvalue weighted by molar-refractivity contribution is 0.205. The van der Waals surface area contributed by atoms with Crippen LogP contribution in [0.25, 0.3) is 5.69 Å². The summed E-state index contributed by atoms with van der Waals surface area (Å²) in [6, 6.07) is 7.08. The first kappa shape index (κ1) is 22.5. The average molecular weight is 465 g/mol. The molecule has 1 saturated heterocycles. The summed E-state index contributed by atoms with van der Waals surface area (Å²) in [4.78, 5) is 15.6. The van der Waals surface area contributed by atoms with E-state index in [1.807, 2.05) is 18.2 Å². The van der Waals surface area contributed by atoms with Gasteiger partial charge in [-0.15, -0.1) is 4.31 Å². The summed E-state index contributed by atoms with van der Waals surface area (Å²) < 4.78 is 22.1. The van der Waals surface area contributed by atoms with Crippen LogP contribution in [-0.2, 0) is 11.4 Å². The van der Waals surface area contributed by atoms with Crippen molar-refractivity contribution in [1.82, 2.24) is 14.1 Å². The van der Waals surface area contributed by atoms with Gasteiger partial charge in [-0.25, -0.2) is 0 Å². The third kappa shape index (κ3) is 5.03. The molecule has 2 fully saturated rings. The minimum Gasteiger partial charge on any atom is -0.598 e. The summed E-state index contributed by atoms with van der Waals surface area (Å²) in [6.45, 7) is 6.62. The van der Waals surface area contributed by atoms with Gasteiger partial charge in [-0.3, -0.25) is 4.79 Å². The van der Waals surface area contributed by atoms with Crippen LogP contribution < -0.4 is 15.2 Å². The van der Waals surface area contributed by atoms with Crippen LogP contribution in [0.4, 0.5) is 5.69 Å². The smallest absolute Gasteiger partial charge is 0.316 e. The Bertz CT molecular complexity index is 956. The topological polar surface area (TPSA) is 73.7 Å². The zero-order valence-corrected chi connectivity index (χ0v) is 19.6. The van der Waals surface area contributed by atoms with Crippen LogP contribution in [0.3, 0.4) is 0 Å². The maximum atomic E-state index is 13.4. The molecule has 1 atom stereocenters. The van der Waals surface area contributed by atoms with Crippen molar-refractivity contribution in [3.05, 3.63) is 45.8 Å². The molecule has 2 heterocycles. The molecule has 0 unspecified atom stereocenters. The Morgan fingerprint density at radius 1 is 1.19 bits per heavy atom. The number of anilines is 1. The number of aromatic nitrogens is 2. The number of nitrogens with zero attached hydrogens (tertiary/aromatic N) is 4. The second-order valence-corrected chi connectivity index (χ2v) is 10.8. The van der Waals surface area contributed by atoms with Crippen molar-refractivity contribution in [2.75, 3.05) is 31.1 Å². The molecule has 9 heteroatoms. The molecular formula is C22H29ClN4O3S. The van der Waals surface area contributed by atoms with Crippen molar-refractivity contribution in [2.45, 2.75) is 50.9 Å². The molecule has 0 bridgehead atoms. The number of hydrogen-bond acceptors (Lipinski definition) is 6. The Morgan fingerprint density at radius 2 is 1.90 bits per heavy atom. The molecule has 1 aliphatic heterocycles. The molecule has 2 aliphatic rings. The zero-order chi connectivity index (χ0) is 22.0. The molecule has 0 spiro atoms. The van der Waals surface area contributed by atoms with Gasteiger partial charge in [-0.05, 0) is 57.7 Å². The highest BCUT2D eigenvalue weighted by molar-refractivity contribution is 7.89. The number of benzene rings is 1. The Morgan fingerprint density at radius 3 is 2.55 bits per heavy atom. The number of rotatable bonds is 6. The Hall–Kier alpha value is -1.74. The van der Waals surface area contributed by atoms with Gasteiger partial charge < -0.3 is 14.2 Å². The summed E-state index contributed by atoms with van der Waals surface area (Å²) in [6.07, 6.45) is 5.91. The van der Waals surface area contributed by atoms with Gasteiger partial charge in [0.05, 0.1) is 31.1 Å². The van der Waals surface area contributed by atoms with Crippen LogP contribution in [0.5, 0.6) is 5.75 Å². The number of piperazine rings is 1. The molecule has 1 aliphatic carbocycles. The lowest BCUT2D eigenvalue weighted by Gasteiger charge is -2.37. The summed E-state index contributed by atoms with van der Waals surface area (Å²) in [5.74, 6) is 0.348. The Kier molecular flexibility index (Phi) is 7.11. The first-order valence-electron chi connectivity index (χ1n) is 10.9. The van der Waals surface area contributed by atoms with Crippen LogP contribution in [0.1, 0.15) is 39.5 Å². The fourth-order valence-electron chi connectivity index (χ4n) is 4.14. The lowest BCUT2D eigenvalue weighted by atomic mass is 10.2. The van der Waals surface area contributed by atoms with E-state index in [4.69, 9.17) is 16.3 Å². The van der Waals surface area contributed by atoms with E-state index in [0.717, 1.165) is 25.7 Å². The average Bonchev–Trinajstić information content (AvgIpc) is 3.28. The normalized spacial score (nSPS) is 19.2. The maximum absolute atomic E-state index is 13.4. The summed E-state index contributed by atoms with van der Waals surface area (Å²) in [5.41, 5.74) is 1.04. The van der Waals surface area contributed by atoms with Gasteiger partial charge in [0.2, 0.25) is 5.75 Å². The van der Waals surface area contributed by atoms with Crippen LogP contribution in [0.15, 0.2) is 35.3 Å². The van der Waals surface area contributed by atoms with Gasteiger partial charge >= 0.3 is 5.56 Å². The van der Waals surface area contributed by atoms with E-state index in [0.29, 0.717) is 48.3 Å². The number of hydrogen-bond donors (Lipinski definition) is 0. The van der Waals surface area contributed by atoms with Crippen LogP contribution >= 0.6 is 11.6 Å². The second-order valence-electron chi connectivity index (χ2n) is 8.32. The molecule has 0 amide bonds. The van der Waals surface area contributed by atoms with Gasteiger partial charge in [0.15, 0.2) is 0 Å². The standard InChI is InChI=1S/C22H29ClN4O3S/c1-16(2)31(29)26-12-10-25(11-13-26)20-15-24-27(18-7-5-6-17(23)14-18)22(28)21(20)30-19-8-3-4-9-19/h5-7,14-16,19H,3-4,8-13H2,1-2H3/t31-/m0/s1. The molecule has 7 nitrogen and oxygen atoms in total. The van der Waals surface area contributed by atoms with Gasteiger partial charge in [0.1, 0.15) is 10.9 Å². The van der Waals surface area contributed by atoms with Crippen LogP contribution in [0.2, 0.25) is 5.02 Å². The molecule has 1 aromatic heterocycles. The van der Waals surface area contributed by atoms with Crippen molar-refractivity contribution in [3.63, 3.8) is 0 Å². The molecule has 168 valence electrons. The van der Waals surface area contributed by atoms with Gasteiger partial charge in [0, 0.05) is 29.5 Å². The minimum absolute atomic E-state index is 0.0522. The number of halogens is 1. The van der Waals surface area contributed by atoms with Crippen LogP contribution in [0, 0.1) is 0 Å². The molecular weight excluding hydrogens is 436 g/mol. The predicted octanol–water partition coefficient (Wildman–Crippen LogP) is 3.40. The van der Waals surface area contributed by atoms with E-state index in [1.54, 1.807) is 30.5 Å². The highest BCUT2D eigenvalue weighted by Crippen LogP contribution is 2.30. The Labute approximate surface area is 191 Å². The molecule has 4 rings (SSSR count). The molecule has 1 aromatic carbocycles. The Balaban J connectivity index is 1.64. The van der Waals surface area contributed by atoms with E-state index in [-0.39, 0.29) is 16.9 Å². The molecule has 1 saturated carbocycles. The third-order valence-electron chi connectivity index (χ3n) is 5.79. The fraction of sp³-hybridized carbons (Fsp3) is 0.545. The van der Waals surface area contributed by atoms with Crippen molar-refractivity contribution >= 4 is 28.7 Å². The minimum atomic E-state index is -0.992. The lowest BCUT2D eigenvalue weighted by Crippen LogP contribution is -2.50. The zero-order valence-electron chi connectivity index (χ0n) is 18.0. The van der Waals surface area contributed by atoms with E-state index < -0.39 is 11.4 Å². The summed E-state index contributed by atoms with van der Waals surface area (Å²) in [5, 5.41) is 5.07. The van der Waals surface area contributed by atoms with Gasteiger partial charge in [-0.2, -0.15) is 9.78 Å². The van der Waals surface area contributed by atoms with Gasteiger partial charge in [0.25, 0.3) is 0 Å². The summed E-state index contributed by atoms with van der Waals surface area (Å²) >= 11 is 5.13. The highest BCUT2D eigenvalue weighted by atomic mass is 35.5. The quantitative estimate of drug-likeness (QED) is 0.610. The van der Waals surface area contributed by atoms with E-state index in [9.17, 15) is 9.35 Å². The van der Waals surface area contributed by atoms with Crippen molar-refractivity contribution in [1.29, 1.82) is 0 Å². The highest BCUT2D eigenvalue weighted by Gasteiger charge is 2.31. The van der Waals surface area contributed by atoms with Crippen molar-refractivity contribution < 1.29 is 9.29 Å². The number of ether oxygens (including phenoxy) is 1. The maximum Gasteiger partial charge on any atom is 0.316 e. The van der Waals surface area contributed by atoms with E-state index in [1.165, 1.54) is 4.68 Å². The molecule has 0 radical (unpaired) electrons. The van der Waals surface area contributed by atoms with E-state index >= 15 is 0 Å². The monoisotopic (exact) mass is 464 g/mol. The molecule has 0 N–H and O–H groups in total. The molecule has 2 aromatic rings. The first-order chi connectivity index (χ1) is 14.9. The molecule has 31 heavy (non-hydrogen) atoms.